The number of para-hydroxylation sites is 2. The molecule has 32 heavy (non-hydrogen) atoms. The minimum Gasteiger partial charge on any atom is -0.436 e. The minimum atomic E-state index is 0.00756. The van der Waals surface area contributed by atoms with Crippen molar-refractivity contribution in [2.75, 3.05) is 7.05 Å². The summed E-state index contributed by atoms with van der Waals surface area (Å²) < 4.78 is 11.7. The van der Waals surface area contributed by atoms with Crippen LogP contribution in [0, 0.1) is 0 Å². The molecule has 2 atom stereocenters. The van der Waals surface area contributed by atoms with Gasteiger partial charge in [-0.05, 0) is 55.7 Å². The number of nitrogens with zero attached hydrogens (tertiary/aromatic N) is 4. The largest absolute Gasteiger partial charge is 0.436 e. The van der Waals surface area contributed by atoms with E-state index in [1.54, 1.807) is 0 Å². The van der Waals surface area contributed by atoms with Crippen LogP contribution in [0.2, 0.25) is 0 Å². The van der Waals surface area contributed by atoms with E-state index in [-0.39, 0.29) is 23.8 Å². The Kier molecular flexibility index (Phi) is 5.25. The Morgan fingerprint density at radius 1 is 1.03 bits per heavy atom. The Labute approximate surface area is 186 Å². The van der Waals surface area contributed by atoms with Gasteiger partial charge in [-0.15, -0.1) is 10.2 Å². The Hall–Kier alpha value is -3.48. The summed E-state index contributed by atoms with van der Waals surface area (Å²) in [4.78, 5) is 19.5. The highest BCUT2D eigenvalue weighted by atomic mass is 16.4. The van der Waals surface area contributed by atoms with Crippen LogP contribution in [-0.2, 0) is 0 Å². The lowest BCUT2D eigenvalue weighted by Gasteiger charge is -2.24. The first-order valence-corrected chi connectivity index (χ1v) is 11.1. The molecule has 2 aromatic heterocycles. The molecule has 1 aliphatic rings. The van der Waals surface area contributed by atoms with Crippen molar-refractivity contribution in [2.24, 2.45) is 0 Å². The SMILES string of the molecule is CC(C)c1nnc([C@H]2CC[C@@H](N(C)C(=O)c3ccc(-c4nc5ccccc5o4)cc3)C2)o1. The molecule has 2 heterocycles. The van der Waals surface area contributed by atoms with Gasteiger partial charge in [0.25, 0.3) is 5.91 Å². The molecule has 0 bridgehead atoms. The Morgan fingerprint density at radius 2 is 1.81 bits per heavy atom. The second-order valence-electron chi connectivity index (χ2n) is 8.78. The van der Waals surface area contributed by atoms with E-state index in [4.69, 9.17) is 8.83 Å². The van der Waals surface area contributed by atoms with Crippen molar-refractivity contribution in [3.05, 3.63) is 65.9 Å². The fraction of sp³-hybridized carbons (Fsp3) is 0.360. The van der Waals surface area contributed by atoms with Crippen molar-refractivity contribution in [3.63, 3.8) is 0 Å². The number of benzene rings is 2. The summed E-state index contributed by atoms with van der Waals surface area (Å²) in [5.74, 6) is 2.35. The van der Waals surface area contributed by atoms with E-state index in [0.717, 1.165) is 35.9 Å². The second-order valence-corrected chi connectivity index (χ2v) is 8.78. The maximum atomic E-state index is 13.1. The molecule has 0 spiro atoms. The van der Waals surface area contributed by atoms with Gasteiger partial charge in [0.2, 0.25) is 17.7 Å². The van der Waals surface area contributed by atoms with Crippen LogP contribution < -0.4 is 0 Å². The van der Waals surface area contributed by atoms with Crippen molar-refractivity contribution in [2.45, 2.75) is 51.0 Å². The fourth-order valence-electron chi connectivity index (χ4n) is 4.30. The van der Waals surface area contributed by atoms with Crippen LogP contribution in [0.15, 0.2) is 57.4 Å². The molecule has 5 rings (SSSR count). The summed E-state index contributed by atoms with van der Waals surface area (Å²) >= 11 is 0. The molecule has 7 heteroatoms. The first-order chi connectivity index (χ1) is 15.5. The first kappa shape index (κ1) is 20.4. The van der Waals surface area contributed by atoms with Gasteiger partial charge in [-0.1, -0.05) is 26.0 Å². The van der Waals surface area contributed by atoms with Crippen molar-refractivity contribution in [3.8, 4) is 11.5 Å². The zero-order chi connectivity index (χ0) is 22.2. The molecule has 0 N–H and O–H groups in total. The van der Waals surface area contributed by atoms with E-state index in [2.05, 4.69) is 15.2 Å². The topological polar surface area (TPSA) is 85.3 Å². The number of hydrogen-bond acceptors (Lipinski definition) is 6. The van der Waals surface area contributed by atoms with Crippen molar-refractivity contribution < 1.29 is 13.6 Å². The van der Waals surface area contributed by atoms with Crippen molar-refractivity contribution in [1.82, 2.24) is 20.1 Å². The monoisotopic (exact) mass is 430 g/mol. The highest BCUT2D eigenvalue weighted by molar-refractivity contribution is 5.94. The number of fused-ring (bicyclic) bond motifs is 1. The number of hydrogen-bond donors (Lipinski definition) is 0. The Bertz CT molecular complexity index is 1210. The molecular weight excluding hydrogens is 404 g/mol. The molecular formula is C25H26N4O3. The van der Waals surface area contributed by atoms with Crippen LogP contribution in [0.4, 0.5) is 0 Å². The molecule has 0 unspecified atom stereocenters. The zero-order valence-electron chi connectivity index (χ0n) is 18.5. The zero-order valence-corrected chi connectivity index (χ0v) is 18.5. The Balaban J connectivity index is 1.26. The summed E-state index contributed by atoms with van der Waals surface area (Å²) in [5, 5.41) is 8.39. The van der Waals surface area contributed by atoms with Gasteiger partial charge in [0, 0.05) is 36.1 Å². The number of oxazole rings is 1. The van der Waals surface area contributed by atoms with E-state index < -0.39 is 0 Å². The predicted octanol–water partition coefficient (Wildman–Crippen LogP) is 5.41. The summed E-state index contributed by atoms with van der Waals surface area (Å²) in [5.41, 5.74) is 3.06. The van der Waals surface area contributed by atoms with E-state index in [0.29, 0.717) is 23.2 Å². The average Bonchev–Trinajstić information content (AvgIpc) is 3.56. The molecule has 1 saturated carbocycles. The van der Waals surface area contributed by atoms with E-state index in [1.807, 2.05) is 74.3 Å². The van der Waals surface area contributed by atoms with E-state index >= 15 is 0 Å². The summed E-state index contributed by atoms with van der Waals surface area (Å²) in [6.07, 6.45) is 2.70. The van der Waals surface area contributed by atoms with Gasteiger partial charge in [-0.25, -0.2) is 4.98 Å². The third-order valence-electron chi connectivity index (χ3n) is 6.25. The molecule has 1 amide bonds. The van der Waals surface area contributed by atoms with Gasteiger partial charge in [0.15, 0.2) is 5.58 Å². The van der Waals surface area contributed by atoms with Gasteiger partial charge in [-0.2, -0.15) is 0 Å². The quantitative estimate of drug-likeness (QED) is 0.421. The molecule has 4 aromatic rings. The van der Waals surface area contributed by atoms with Gasteiger partial charge < -0.3 is 13.7 Å². The normalized spacial score (nSPS) is 18.5. The number of amides is 1. The first-order valence-electron chi connectivity index (χ1n) is 11.1. The van der Waals surface area contributed by atoms with Gasteiger partial charge in [0.05, 0.1) is 0 Å². The van der Waals surface area contributed by atoms with E-state index in [9.17, 15) is 4.79 Å². The smallest absolute Gasteiger partial charge is 0.253 e. The van der Waals surface area contributed by atoms with E-state index in [1.165, 1.54) is 0 Å². The van der Waals surface area contributed by atoms with Crippen molar-refractivity contribution >= 4 is 17.0 Å². The lowest BCUT2D eigenvalue weighted by Crippen LogP contribution is -2.35. The summed E-state index contributed by atoms with van der Waals surface area (Å²) in [6, 6.07) is 15.3. The average molecular weight is 431 g/mol. The predicted molar refractivity (Wildman–Crippen MR) is 120 cm³/mol. The molecule has 1 aliphatic carbocycles. The number of aromatic nitrogens is 3. The van der Waals surface area contributed by atoms with Crippen LogP contribution in [0.1, 0.15) is 67.1 Å². The van der Waals surface area contributed by atoms with Crippen LogP contribution in [0.25, 0.3) is 22.6 Å². The van der Waals surface area contributed by atoms with Gasteiger partial charge >= 0.3 is 0 Å². The fourth-order valence-corrected chi connectivity index (χ4v) is 4.30. The summed E-state index contributed by atoms with van der Waals surface area (Å²) in [6.45, 7) is 4.08. The molecule has 0 radical (unpaired) electrons. The molecule has 1 fully saturated rings. The third-order valence-corrected chi connectivity index (χ3v) is 6.25. The van der Waals surface area contributed by atoms with Crippen LogP contribution in [0.3, 0.4) is 0 Å². The maximum absolute atomic E-state index is 13.1. The highest BCUT2D eigenvalue weighted by Gasteiger charge is 2.34. The number of carbonyl (C=O) groups excluding carboxylic acids is 1. The van der Waals surface area contributed by atoms with Gasteiger partial charge in [-0.3, -0.25) is 4.79 Å². The molecule has 0 aliphatic heterocycles. The Morgan fingerprint density at radius 3 is 2.53 bits per heavy atom. The second kappa shape index (κ2) is 8.22. The van der Waals surface area contributed by atoms with Crippen LogP contribution >= 0.6 is 0 Å². The third kappa shape index (κ3) is 3.79. The number of carbonyl (C=O) groups is 1. The maximum Gasteiger partial charge on any atom is 0.253 e. The van der Waals surface area contributed by atoms with Gasteiger partial charge in [0.1, 0.15) is 5.52 Å². The summed E-state index contributed by atoms with van der Waals surface area (Å²) in [7, 11) is 1.87. The lowest BCUT2D eigenvalue weighted by molar-refractivity contribution is 0.0733. The number of rotatable bonds is 5. The van der Waals surface area contributed by atoms with Crippen LogP contribution in [0.5, 0.6) is 0 Å². The standard InChI is InChI=1S/C25H26N4O3/c1-15(2)22-27-28-24(32-22)18-12-13-19(14-18)29(3)25(30)17-10-8-16(9-11-17)23-26-20-6-4-5-7-21(20)31-23/h4-11,15,18-19H,12-14H2,1-3H3/t18-,19+/m0/s1. The molecule has 0 saturated heterocycles. The molecule has 164 valence electrons. The highest BCUT2D eigenvalue weighted by Crippen LogP contribution is 2.37. The molecule has 2 aromatic carbocycles. The minimum absolute atomic E-state index is 0.00756. The van der Waals surface area contributed by atoms with Crippen LogP contribution in [-0.4, -0.2) is 39.1 Å². The van der Waals surface area contributed by atoms with Crippen molar-refractivity contribution in [1.29, 1.82) is 0 Å². The molecule has 7 nitrogen and oxygen atoms in total. The lowest BCUT2D eigenvalue weighted by atomic mass is 10.1.